The molecule has 0 heterocycles. The molecule has 0 rings (SSSR count). The van der Waals surface area contributed by atoms with Crippen molar-refractivity contribution >= 4 is 7.60 Å². The van der Waals surface area contributed by atoms with Crippen LogP contribution in [0.4, 0.5) is 0 Å². The third-order valence-electron chi connectivity index (χ3n) is 3.83. The maximum atomic E-state index is 12.5. The zero-order chi connectivity index (χ0) is 14.1. The molecule has 0 aromatic carbocycles. The van der Waals surface area contributed by atoms with Crippen LogP contribution in [-0.2, 0) is 9.09 Å². The Balaban J connectivity index is 5.03. The molecule has 0 aliphatic carbocycles. The van der Waals surface area contributed by atoms with Crippen LogP contribution < -0.4 is 0 Å². The predicted octanol–water partition coefficient (Wildman–Crippen LogP) is 5.13. The fraction of sp³-hybridized carbons (Fsp3) is 1.00. The second-order valence-corrected chi connectivity index (χ2v) is 7.59. The van der Waals surface area contributed by atoms with E-state index in [0.29, 0.717) is 0 Å². The highest BCUT2D eigenvalue weighted by atomic mass is 31.2. The van der Waals surface area contributed by atoms with Gasteiger partial charge in [0.2, 0.25) is 0 Å². The standard InChI is InChI=1S/C14H31O3P/c1-5-8-11-14(12-9-6-2,13-10-7-3)18(15,16)17-4/h5-13H2,1-4H3,(H,15,16). The van der Waals surface area contributed by atoms with Crippen molar-refractivity contribution in [2.24, 2.45) is 0 Å². The van der Waals surface area contributed by atoms with Crippen molar-refractivity contribution in [2.45, 2.75) is 83.7 Å². The highest BCUT2D eigenvalue weighted by Gasteiger charge is 2.46. The van der Waals surface area contributed by atoms with Crippen LogP contribution in [0, 0.1) is 0 Å². The first-order chi connectivity index (χ1) is 8.49. The molecule has 110 valence electrons. The van der Waals surface area contributed by atoms with Crippen molar-refractivity contribution in [2.75, 3.05) is 7.11 Å². The number of unbranched alkanes of at least 4 members (excludes halogenated alkanes) is 3. The third-order valence-corrected chi connectivity index (χ3v) is 6.20. The first kappa shape index (κ1) is 18.1. The van der Waals surface area contributed by atoms with E-state index < -0.39 is 12.8 Å². The molecular weight excluding hydrogens is 247 g/mol. The fourth-order valence-corrected chi connectivity index (χ4v) is 4.22. The monoisotopic (exact) mass is 278 g/mol. The third kappa shape index (κ3) is 5.03. The highest BCUT2D eigenvalue weighted by molar-refractivity contribution is 7.54. The van der Waals surface area contributed by atoms with Crippen molar-refractivity contribution in [3.63, 3.8) is 0 Å². The van der Waals surface area contributed by atoms with E-state index in [9.17, 15) is 9.46 Å². The molecule has 0 aliphatic rings. The Morgan fingerprint density at radius 1 is 0.944 bits per heavy atom. The minimum absolute atomic E-state index is 0.510. The topological polar surface area (TPSA) is 46.5 Å². The van der Waals surface area contributed by atoms with Gasteiger partial charge in [0.05, 0.1) is 5.16 Å². The molecule has 1 N–H and O–H groups in total. The Hall–Kier alpha value is 0.150. The van der Waals surface area contributed by atoms with Gasteiger partial charge in [-0.2, -0.15) is 0 Å². The van der Waals surface area contributed by atoms with Crippen LogP contribution in [0.5, 0.6) is 0 Å². The lowest BCUT2D eigenvalue weighted by molar-refractivity contribution is 0.252. The second-order valence-electron chi connectivity index (χ2n) is 5.24. The summed E-state index contributed by atoms with van der Waals surface area (Å²) < 4.78 is 17.5. The molecule has 1 unspecified atom stereocenters. The molecule has 0 radical (unpaired) electrons. The minimum Gasteiger partial charge on any atom is -0.324 e. The normalized spacial score (nSPS) is 15.6. The van der Waals surface area contributed by atoms with E-state index in [2.05, 4.69) is 20.8 Å². The summed E-state index contributed by atoms with van der Waals surface area (Å²) in [4.78, 5) is 10.2. The maximum Gasteiger partial charge on any atom is 0.333 e. The van der Waals surface area contributed by atoms with Gasteiger partial charge in [-0.15, -0.1) is 0 Å². The lowest BCUT2D eigenvalue weighted by Gasteiger charge is -2.36. The molecule has 1 atom stereocenters. The summed E-state index contributed by atoms with van der Waals surface area (Å²) in [6, 6.07) is 0. The Bertz CT molecular complexity index is 232. The van der Waals surface area contributed by atoms with Crippen molar-refractivity contribution < 1.29 is 14.0 Å². The van der Waals surface area contributed by atoms with E-state index in [1.54, 1.807) is 0 Å². The molecule has 0 amide bonds. The molecular formula is C14H31O3P. The van der Waals surface area contributed by atoms with Crippen LogP contribution in [-0.4, -0.2) is 17.2 Å². The van der Waals surface area contributed by atoms with Crippen molar-refractivity contribution in [1.82, 2.24) is 0 Å². The molecule has 0 saturated heterocycles. The van der Waals surface area contributed by atoms with Gasteiger partial charge in [0.15, 0.2) is 0 Å². The van der Waals surface area contributed by atoms with Crippen molar-refractivity contribution in [3.05, 3.63) is 0 Å². The van der Waals surface area contributed by atoms with Gasteiger partial charge < -0.3 is 9.42 Å². The largest absolute Gasteiger partial charge is 0.333 e. The zero-order valence-corrected chi connectivity index (χ0v) is 13.5. The molecule has 0 spiro atoms. The predicted molar refractivity (Wildman–Crippen MR) is 78.1 cm³/mol. The number of hydrogen-bond donors (Lipinski definition) is 1. The van der Waals surface area contributed by atoms with Gasteiger partial charge in [-0.1, -0.05) is 59.3 Å². The SMILES string of the molecule is CCCCC(CCCC)(CCCC)P(=O)(O)OC. The summed E-state index contributed by atoms with van der Waals surface area (Å²) in [5, 5.41) is -0.510. The molecule has 3 nitrogen and oxygen atoms in total. The smallest absolute Gasteiger partial charge is 0.324 e. The average Bonchev–Trinajstić information content (AvgIpc) is 2.38. The summed E-state index contributed by atoms with van der Waals surface area (Å²) in [5.74, 6) is 0. The van der Waals surface area contributed by atoms with E-state index in [1.807, 2.05) is 0 Å². The van der Waals surface area contributed by atoms with Crippen LogP contribution in [0.3, 0.4) is 0 Å². The lowest BCUT2D eigenvalue weighted by Crippen LogP contribution is -2.30. The number of hydrogen-bond acceptors (Lipinski definition) is 2. The average molecular weight is 278 g/mol. The van der Waals surface area contributed by atoms with E-state index in [0.717, 1.165) is 57.8 Å². The summed E-state index contributed by atoms with van der Waals surface area (Å²) in [5.41, 5.74) is 0. The molecule has 0 bridgehead atoms. The van der Waals surface area contributed by atoms with Gasteiger partial charge in [0.1, 0.15) is 0 Å². The van der Waals surface area contributed by atoms with E-state index in [1.165, 1.54) is 7.11 Å². The van der Waals surface area contributed by atoms with E-state index >= 15 is 0 Å². The number of rotatable bonds is 11. The molecule has 0 fully saturated rings. The van der Waals surface area contributed by atoms with Gasteiger partial charge in [-0.3, -0.25) is 4.57 Å². The first-order valence-corrected chi connectivity index (χ1v) is 8.96. The van der Waals surface area contributed by atoms with Gasteiger partial charge in [0.25, 0.3) is 0 Å². The lowest BCUT2D eigenvalue weighted by atomic mass is 9.90. The van der Waals surface area contributed by atoms with Crippen LogP contribution in [0.15, 0.2) is 0 Å². The second kappa shape index (κ2) is 9.12. The van der Waals surface area contributed by atoms with E-state index in [4.69, 9.17) is 4.52 Å². The first-order valence-electron chi connectivity index (χ1n) is 7.38. The Morgan fingerprint density at radius 3 is 1.50 bits per heavy atom. The molecule has 0 aromatic heterocycles. The van der Waals surface area contributed by atoms with Gasteiger partial charge >= 0.3 is 7.60 Å². The summed E-state index contributed by atoms with van der Waals surface area (Å²) >= 11 is 0. The molecule has 0 saturated carbocycles. The van der Waals surface area contributed by atoms with Gasteiger partial charge in [0, 0.05) is 7.11 Å². The van der Waals surface area contributed by atoms with Crippen LogP contribution in [0.2, 0.25) is 0 Å². The fourth-order valence-electron chi connectivity index (χ4n) is 2.51. The van der Waals surface area contributed by atoms with Gasteiger partial charge in [-0.25, -0.2) is 0 Å². The Kier molecular flexibility index (Phi) is 9.19. The van der Waals surface area contributed by atoms with Crippen LogP contribution >= 0.6 is 7.60 Å². The molecule has 0 aromatic rings. The summed E-state index contributed by atoms with van der Waals surface area (Å²) in [6.07, 6.45) is 8.61. The van der Waals surface area contributed by atoms with Crippen LogP contribution in [0.25, 0.3) is 0 Å². The van der Waals surface area contributed by atoms with Crippen molar-refractivity contribution in [3.8, 4) is 0 Å². The molecule has 4 heteroatoms. The van der Waals surface area contributed by atoms with Crippen molar-refractivity contribution in [1.29, 1.82) is 0 Å². The van der Waals surface area contributed by atoms with Crippen LogP contribution in [0.1, 0.15) is 78.6 Å². The zero-order valence-electron chi connectivity index (χ0n) is 12.6. The molecule has 0 aliphatic heterocycles. The highest BCUT2D eigenvalue weighted by Crippen LogP contribution is 2.61. The van der Waals surface area contributed by atoms with E-state index in [-0.39, 0.29) is 0 Å². The quantitative estimate of drug-likeness (QED) is 0.533. The minimum atomic E-state index is -3.50. The summed E-state index contributed by atoms with van der Waals surface area (Å²) in [7, 11) is -2.13. The Morgan fingerprint density at radius 2 is 1.28 bits per heavy atom. The molecule has 18 heavy (non-hydrogen) atoms. The van der Waals surface area contributed by atoms with Gasteiger partial charge in [-0.05, 0) is 19.3 Å². The maximum absolute atomic E-state index is 12.5. The Labute approximate surface area is 113 Å². The summed E-state index contributed by atoms with van der Waals surface area (Å²) in [6.45, 7) is 6.37.